The Kier molecular flexibility index (Phi) is 4.28. The lowest BCUT2D eigenvalue weighted by atomic mass is 10.1. The third kappa shape index (κ3) is 3.14. The van der Waals surface area contributed by atoms with Gasteiger partial charge < -0.3 is 9.88 Å². The second-order valence-electron chi connectivity index (χ2n) is 4.07. The number of nitrogens with zero attached hydrogens (tertiary/aromatic N) is 3. The third-order valence-corrected chi connectivity index (χ3v) is 3.52. The molecule has 1 unspecified atom stereocenters. The first kappa shape index (κ1) is 12.3. The van der Waals surface area contributed by atoms with Gasteiger partial charge in [-0.3, -0.25) is 0 Å². The van der Waals surface area contributed by atoms with Gasteiger partial charge in [-0.1, -0.05) is 6.92 Å². The second-order valence-corrected chi connectivity index (χ2v) is 5.05. The minimum Gasteiger partial charge on any atom is -0.336 e. The SMILES string of the molecule is CCCNC(Cc1nccs1)c1cncn1C. The van der Waals surface area contributed by atoms with E-state index in [-0.39, 0.29) is 0 Å². The van der Waals surface area contributed by atoms with Gasteiger partial charge in [0.25, 0.3) is 0 Å². The highest BCUT2D eigenvalue weighted by Crippen LogP contribution is 2.19. The predicted octanol–water partition coefficient (Wildman–Crippen LogP) is 2.16. The number of aryl methyl sites for hydroxylation is 1. The van der Waals surface area contributed by atoms with Crippen LogP contribution in [0.15, 0.2) is 24.1 Å². The average molecular weight is 250 g/mol. The molecule has 0 fully saturated rings. The maximum atomic E-state index is 4.35. The molecule has 1 N–H and O–H groups in total. The number of thiazole rings is 1. The fraction of sp³-hybridized carbons (Fsp3) is 0.500. The molecule has 0 aromatic carbocycles. The molecule has 0 saturated heterocycles. The van der Waals surface area contributed by atoms with Gasteiger partial charge in [0.2, 0.25) is 0 Å². The van der Waals surface area contributed by atoms with Crippen LogP contribution >= 0.6 is 11.3 Å². The Bertz CT molecular complexity index is 435. The fourth-order valence-electron chi connectivity index (χ4n) is 1.83. The van der Waals surface area contributed by atoms with Crippen molar-refractivity contribution >= 4 is 11.3 Å². The van der Waals surface area contributed by atoms with E-state index >= 15 is 0 Å². The van der Waals surface area contributed by atoms with E-state index in [4.69, 9.17) is 0 Å². The summed E-state index contributed by atoms with van der Waals surface area (Å²) in [6.45, 7) is 3.19. The summed E-state index contributed by atoms with van der Waals surface area (Å²) in [5, 5.41) is 6.75. The molecule has 2 aromatic rings. The summed E-state index contributed by atoms with van der Waals surface area (Å²) in [7, 11) is 2.03. The second kappa shape index (κ2) is 5.93. The maximum absolute atomic E-state index is 4.35. The summed E-state index contributed by atoms with van der Waals surface area (Å²) in [6.07, 6.45) is 7.70. The van der Waals surface area contributed by atoms with Crippen LogP contribution in [0.3, 0.4) is 0 Å². The van der Waals surface area contributed by atoms with Crippen LogP contribution in [0.2, 0.25) is 0 Å². The minimum absolute atomic E-state index is 0.300. The van der Waals surface area contributed by atoms with E-state index in [0.29, 0.717) is 6.04 Å². The normalized spacial score (nSPS) is 12.8. The summed E-state index contributed by atoms with van der Waals surface area (Å²) in [5.41, 5.74) is 1.22. The van der Waals surface area contributed by atoms with E-state index in [1.54, 1.807) is 11.3 Å². The van der Waals surface area contributed by atoms with Crippen LogP contribution in [0.1, 0.15) is 30.1 Å². The van der Waals surface area contributed by atoms with Gasteiger partial charge in [0.1, 0.15) is 0 Å². The summed E-state index contributed by atoms with van der Waals surface area (Å²) in [4.78, 5) is 8.54. The number of aromatic nitrogens is 3. The molecule has 0 aliphatic carbocycles. The Morgan fingerprint density at radius 1 is 1.53 bits per heavy atom. The van der Waals surface area contributed by atoms with Crippen LogP contribution in [0.5, 0.6) is 0 Å². The monoisotopic (exact) mass is 250 g/mol. The van der Waals surface area contributed by atoms with Crippen molar-refractivity contribution in [2.45, 2.75) is 25.8 Å². The first-order valence-corrected chi connectivity index (χ1v) is 6.77. The van der Waals surface area contributed by atoms with Gasteiger partial charge in [-0.25, -0.2) is 9.97 Å². The molecule has 17 heavy (non-hydrogen) atoms. The molecule has 0 bridgehead atoms. The molecule has 92 valence electrons. The van der Waals surface area contributed by atoms with Crippen molar-refractivity contribution in [2.24, 2.45) is 7.05 Å². The molecule has 2 heterocycles. The summed E-state index contributed by atoms with van der Waals surface area (Å²) in [6, 6.07) is 0.300. The lowest BCUT2D eigenvalue weighted by molar-refractivity contribution is 0.503. The summed E-state index contributed by atoms with van der Waals surface area (Å²) >= 11 is 1.71. The zero-order valence-corrected chi connectivity index (χ0v) is 11.1. The highest BCUT2D eigenvalue weighted by molar-refractivity contribution is 7.09. The van der Waals surface area contributed by atoms with Gasteiger partial charge >= 0.3 is 0 Å². The maximum Gasteiger partial charge on any atom is 0.0946 e. The molecule has 0 spiro atoms. The standard InChI is InChI=1S/C12H18N4S/c1-3-4-14-10(7-12-15-5-6-17-12)11-8-13-9-16(11)2/h5-6,8-10,14H,3-4,7H2,1-2H3. The van der Waals surface area contributed by atoms with Gasteiger partial charge in [-0.15, -0.1) is 11.3 Å². The van der Waals surface area contributed by atoms with Gasteiger partial charge in [0, 0.05) is 31.2 Å². The molecule has 0 saturated carbocycles. The average Bonchev–Trinajstić information content (AvgIpc) is 2.95. The number of hydrogen-bond donors (Lipinski definition) is 1. The van der Waals surface area contributed by atoms with E-state index in [1.807, 2.05) is 31.1 Å². The van der Waals surface area contributed by atoms with Crippen LogP contribution in [-0.4, -0.2) is 21.1 Å². The first-order chi connectivity index (χ1) is 8.31. The number of hydrogen-bond acceptors (Lipinski definition) is 4. The Hall–Kier alpha value is -1.20. The van der Waals surface area contributed by atoms with Crippen molar-refractivity contribution in [2.75, 3.05) is 6.54 Å². The van der Waals surface area contributed by atoms with Crippen molar-refractivity contribution in [3.05, 3.63) is 34.8 Å². The lowest BCUT2D eigenvalue weighted by Crippen LogP contribution is -2.25. The molecule has 0 aliphatic heterocycles. The van der Waals surface area contributed by atoms with Crippen molar-refractivity contribution in [3.63, 3.8) is 0 Å². The highest BCUT2D eigenvalue weighted by atomic mass is 32.1. The van der Waals surface area contributed by atoms with E-state index in [0.717, 1.165) is 19.4 Å². The highest BCUT2D eigenvalue weighted by Gasteiger charge is 2.15. The topological polar surface area (TPSA) is 42.7 Å². The van der Waals surface area contributed by atoms with Crippen LogP contribution < -0.4 is 5.32 Å². The molecule has 5 heteroatoms. The Labute approximate surface area is 106 Å². The summed E-state index contributed by atoms with van der Waals surface area (Å²) in [5.74, 6) is 0. The van der Waals surface area contributed by atoms with Crippen LogP contribution in [0.4, 0.5) is 0 Å². The summed E-state index contributed by atoms with van der Waals surface area (Å²) < 4.78 is 2.07. The van der Waals surface area contributed by atoms with Gasteiger partial charge in [-0.05, 0) is 13.0 Å². The van der Waals surface area contributed by atoms with Gasteiger partial charge in [0.05, 0.1) is 23.1 Å². The Morgan fingerprint density at radius 3 is 3.00 bits per heavy atom. The van der Waals surface area contributed by atoms with Crippen molar-refractivity contribution in [3.8, 4) is 0 Å². The molecular weight excluding hydrogens is 232 g/mol. The van der Waals surface area contributed by atoms with Crippen molar-refractivity contribution in [1.29, 1.82) is 0 Å². The largest absolute Gasteiger partial charge is 0.336 e. The third-order valence-electron chi connectivity index (χ3n) is 2.71. The number of imidazole rings is 1. The zero-order chi connectivity index (χ0) is 12.1. The molecule has 4 nitrogen and oxygen atoms in total. The quantitative estimate of drug-likeness (QED) is 0.854. The first-order valence-electron chi connectivity index (χ1n) is 5.89. The number of nitrogens with one attached hydrogen (secondary N) is 1. The minimum atomic E-state index is 0.300. The predicted molar refractivity (Wildman–Crippen MR) is 70.1 cm³/mol. The number of rotatable bonds is 6. The molecule has 2 rings (SSSR count). The van der Waals surface area contributed by atoms with E-state index < -0.39 is 0 Å². The molecule has 0 amide bonds. The van der Waals surface area contributed by atoms with Gasteiger partial charge in [-0.2, -0.15) is 0 Å². The van der Waals surface area contributed by atoms with E-state index in [1.165, 1.54) is 10.7 Å². The van der Waals surface area contributed by atoms with Crippen molar-refractivity contribution < 1.29 is 0 Å². The van der Waals surface area contributed by atoms with Crippen LogP contribution in [0, 0.1) is 0 Å². The van der Waals surface area contributed by atoms with Gasteiger partial charge in [0.15, 0.2) is 0 Å². The van der Waals surface area contributed by atoms with E-state index in [9.17, 15) is 0 Å². The Balaban J connectivity index is 2.11. The molecule has 1 atom stereocenters. The lowest BCUT2D eigenvalue weighted by Gasteiger charge is -2.17. The Morgan fingerprint density at radius 2 is 2.41 bits per heavy atom. The molecule has 0 aliphatic rings. The van der Waals surface area contributed by atoms with Crippen molar-refractivity contribution in [1.82, 2.24) is 19.9 Å². The van der Waals surface area contributed by atoms with Crippen LogP contribution in [0.25, 0.3) is 0 Å². The van der Waals surface area contributed by atoms with E-state index in [2.05, 4.69) is 26.8 Å². The van der Waals surface area contributed by atoms with Crippen LogP contribution in [-0.2, 0) is 13.5 Å². The smallest absolute Gasteiger partial charge is 0.0946 e. The molecular formula is C12H18N4S. The molecule has 2 aromatic heterocycles. The zero-order valence-electron chi connectivity index (χ0n) is 10.3. The molecule has 0 radical (unpaired) electrons. The fourth-order valence-corrected chi connectivity index (χ4v) is 2.49.